The van der Waals surface area contributed by atoms with Gasteiger partial charge in [-0.25, -0.2) is 0 Å². The SMILES string of the molecule is CCCC(CC)[C@@](O)(CCC)C(C)(C)CC. The number of hydrogen-bond acceptors (Lipinski definition) is 1. The molecule has 0 aromatic carbocycles. The van der Waals surface area contributed by atoms with Gasteiger partial charge in [0, 0.05) is 0 Å². The molecule has 0 rings (SSSR count). The summed E-state index contributed by atoms with van der Waals surface area (Å²) in [5.41, 5.74) is -0.458. The second-order valence-corrected chi connectivity index (χ2v) is 5.81. The van der Waals surface area contributed by atoms with Crippen LogP contribution in [0.1, 0.15) is 80.1 Å². The fourth-order valence-electron chi connectivity index (χ4n) is 2.91. The van der Waals surface area contributed by atoms with E-state index in [0.29, 0.717) is 5.92 Å². The van der Waals surface area contributed by atoms with E-state index in [2.05, 4.69) is 41.5 Å². The summed E-state index contributed by atoms with van der Waals surface area (Å²) in [4.78, 5) is 0. The monoisotopic (exact) mass is 228 g/mol. The normalized spacial score (nSPS) is 18.2. The molecular weight excluding hydrogens is 196 g/mol. The van der Waals surface area contributed by atoms with Gasteiger partial charge in [-0.15, -0.1) is 0 Å². The Balaban J connectivity index is 5.05. The first-order valence-corrected chi connectivity index (χ1v) is 7.11. The van der Waals surface area contributed by atoms with Crippen molar-refractivity contribution in [1.82, 2.24) is 0 Å². The standard InChI is InChI=1S/C15H32O/c1-7-11-13(9-3)15(16,12-8-2)14(5,6)10-4/h13,16H,7-12H2,1-6H3/t13?,15-/m0/s1. The minimum absolute atomic E-state index is 0.0266. The molecule has 2 atom stereocenters. The Morgan fingerprint density at radius 3 is 1.88 bits per heavy atom. The third-order valence-electron chi connectivity index (χ3n) is 4.49. The van der Waals surface area contributed by atoms with Gasteiger partial charge in [0.05, 0.1) is 5.60 Å². The van der Waals surface area contributed by atoms with E-state index in [1.165, 1.54) is 6.42 Å². The maximum atomic E-state index is 11.1. The Labute approximate surface area is 103 Å². The molecule has 0 aliphatic rings. The Morgan fingerprint density at radius 2 is 1.56 bits per heavy atom. The van der Waals surface area contributed by atoms with Gasteiger partial charge in [-0.3, -0.25) is 0 Å². The van der Waals surface area contributed by atoms with E-state index in [-0.39, 0.29) is 5.41 Å². The van der Waals surface area contributed by atoms with Crippen molar-refractivity contribution in [2.24, 2.45) is 11.3 Å². The lowest BCUT2D eigenvalue weighted by Gasteiger charge is -2.48. The predicted octanol–water partition coefficient (Wildman–Crippen LogP) is 4.78. The van der Waals surface area contributed by atoms with E-state index in [1.54, 1.807) is 0 Å². The quantitative estimate of drug-likeness (QED) is 0.634. The van der Waals surface area contributed by atoms with Crippen molar-refractivity contribution >= 4 is 0 Å². The second-order valence-electron chi connectivity index (χ2n) is 5.81. The van der Waals surface area contributed by atoms with Crippen LogP contribution in [0.2, 0.25) is 0 Å². The lowest BCUT2D eigenvalue weighted by atomic mass is 9.62. The summed E-state index contributed by atoms with van der Waals surface area (Å²) in [5, 5.41) is 11.1. The highest BCUT2D eigenvalue weighted by Crippen LogP contribution is 2.45. The highest BCUT2D eigenvalue weighted by Gasteiger charge is 2.45. The molecule has 0 aromatic rings. The van der Waals surface area contributed by atoms with E-state index in [9.17, 15) is 5.11 Å². The minimum atomic E-state index is -0.485. The van der Waals surface area contributed by atoms with Crippen LogP contribution in [0.5, 0.6) is 0 Å². The molecule has 1 N–H and O–H groups in total. The molecule has 0 saturated carbocycles. The van der Waals surface area contributed by atoms with E-state index in [0.717, 1.165) is 32.1 Å². The Morgan fingerprint density at radius 1 is 1.00 bits per heavy atom. The molecule has 0 amide bonds. The summed E-state index contributed by atoms with van der Waals surface area (Å²) in [6, 6.07) is 0. The van der Waals surface area contributed by atoms with Crippen LogP contribution in [0.15, 0.2) is 0 Å². The molecule has 0 fully saturated rings. The zero-order valence-electron chi connectivity index (χ0n) is 12.3. The van der Waals surface area contributed by atoms with Gasteiger partial charge in [0.1, 0.15) is 0 Å². The van der Waals surface area contributed by atoms with Crippen LogP contribution in [-0.4, -0.2) is 10.7 Å². The van der Waals surface area contributed by atoms with Gasteiger partial charge < -0.3 is 5.11 Å². The van der Waals surface area contributed by atoms with E-state index < -0.39 is 5.60 Å². The van der Waals surface area contributed by atoms with E-state index in [1.807, 2.05) is 0 Å². The fraction of sp³-hybridized carbons (Fsp3) is 1.00. The topological polar surface area (TPSA) is 20.2 Å². The Bertz CT molecular complexity index is 186. The van der Waals surface area contributed by atoms with Gasteiger partial charge in [0.2, 0.25) is 0 Å². The molecule has 0 bridgehead atoms. The summed E-state index contributed by atoms with van der Waals surface area (Å²) in [6.45, 7) is 13.2. The summed E-state index contributed by atoms with van der Waals surface area (Å²) in [5.74, 6) is 0.451. The fourth-order valence-corrected chi connectivity index (χ4v) is 2.91. The first kappa shape index (κ1) is 16.0. The molecule has 1 unspecified atom stereocenters. The zero-order chi connectivity index (χ0) is 12.8. The van der Waals surface area contributed by atoms with Crippen molar-refractivity contribution in [3.8, 4) is 0 Å². The molecule has 0 aromatic heterocycles. The van der Waals surface area contributed by atoms with Gasteiger partial charge in [-0.05, 0) is 30.6 Å². The average Bonchev–Trinajstić information content (AvgIpc) is 2.25. The molecule has 0 heterocycles. The number of aliphatic hydroxyl groups is 1. The van der Waals surface area contributed by atoms with Crippen LogP contribution < -0.4 is 0 Å². The van der Waals surface area contributed by atoms with E-state index in [4.69, 9.17) is 0 Å². The van der Waals surface area contributed by atoms with Crippen LogP contribution in [0.3, 0.4) is 0 Å². The van der Waals surface area contributed by atoms with Crippen LogP contribution in [-0.2, 0) is 0 Å². The molecule has 0 radical (unpaired) electrons. The molecule has 0 aliphatic heterocycles. The molecule has 98 valence electrons. The first-order chi connectivity index (χ1) is 7.39. The third-order valence-corrected chi connectivity index (χ3v) is 4.49. The van der Waals surface area contributed by atoms with Gasteiger partial charge in [0.15, 0.2) is 0 Å². The highest BCUT2D eigenvalue weighted by molar-refractivity contribution is 4.96. The average molecular weight is 228 g/mol. The molecule has 0 saturated heterocycles. The molecule has 1 heteroatoms. The minimum Gasteiger partial charge on any atom is -0.389 e. The van der Waals surface area contributed by atoms with Crippen LogP contribution in [0.4, 0.5) is 0 Å². The van der Waals surface area contributed by atoms with Crippen molar-refractivity contribution < 1.29 is 5.11 Å². The molecule has 0 aliphatic carbocycles. The summed E-state index contributed by atoms with van der Waals surface area (Å²) >= 11 is 0. The molecule has 0 spiro atoms. The largest absolute Gasteiger partial charge is 0.389 e. The van der Waals surface area contributed by atoms with Crippen LogP contribution in [0, 0.1) is 11.3 Å². The van der Waals surface area contributed by atoms with Crippen molar-refractivity contribution in [1.29, 1.82) is 0 Å². The van der Waals surface area contributed by atoms with Crippen molar-refractivity contribution in [2.75, 3.05) is 0 Å². The Kier molecular flexibility index (Phi) is 6.62. The van der Waals surface area contributed by atoms with Gasteiger partial charge in [0.25, 0.3) is 0 Å². The third kappa shape index (κ3) is 3.23. The summed E-state index contributed by atoms with van der Waals surface area (Å²) in [6.07, 6.45) is 6.46. The highest BCUT2D eigenvalue weighted by atomic mass is 16.3. The van der Waals surface area contributed by atoms with Crippen LogP contribution >= 0.6 is 0 Å². The second kappa shape index (κ2) is 6.64. The molecule has 1 nitrogen and oxygen atoms in total. The van der Waals surface area contributed by atoms with E-state index >= 15 is 0 Å². The molecular formula is C15H32O. The predicted molar refractivity (Wildman–Crippen MR) is 72.6 cm³/mol. The van der Waals surface area contributed by atoms with Crippen LogP contribution in [0.25, 0.3) is 0 Å². The van der Waals surface area contributed by atoms with Gasteiger partial charge >= 0.3 is 0 Å². The number of hydrogen-bond donors (Lipinski definition) is 1. The van der Waals surface area contributed by atoms with Crippen molar-refractivity contribution in [3.05, 3.63) is 0 Å². The maximum Gasteiger partial charge on any atom is 0.0726 e. The maximum absolute atomic E-state index is 11.1. The lowest BCUT2D eigenvalue weighted by molar-refractivity contribution is -0.124. The van der Waals surface area contributed by atoms with Gasteiger partial charge in [-0.1, -0.05) is 60.8 Å². The summed E-state index contributed by atoms with van der Waals surface area (Å²) in [7, 11) is 0. The van der Waals surface area contributed by atoms with Gasteiger partial charge in [-0.2, -0.15) is 0 Å². The smallest absolute Gasteiger partial charge is 0.0726 e. The van der Waals surface area contributed by atoms with Crippen molar-refractivity contribution in [3.63, 3.8) is 0 Å². The summed E-state index contributed by atoms with van der Waals surface area (Å²) < 4.78 is 0. The zero-order valence-corrected chi connectivity index (χ0v) is 12.3. The Hall–Kier alpha value is -0.0400. The van der Waals surface area contributed by atoms with Crippen molar-refractivity contribution in [2.45, 2.75) is 85.7 Å². The first-order valence-electron chi connectivity index (χ1n) is 7.11. The molecule has 16 heavy (non-hydrogen) atoms. The lowest BCUT2D eigenvalue weighted by Crippen LogP contribution is -2.50. The number of rotatable bonds is 8.